The molecule has 0 bridgehead atoms. The minimum absolute atomic E-state index is 0.0153. The van der Waals surface area contributed by atoms with Gasteiger partial charge in [-0.05, 0) is 25.3 Å². The van der Waals surface area contributed by atoms with Crippen molar-refractivity contribution in [2.75, 3.05) is 32.7 Å². The first kappa shape index (κ1) is 14.0. The molecule has 17 heavy (non-hydrogen) atoms. The highest BCUT2D eigenvalue weighted by Crippen LogP contribution is 1.98. The first-order valence-corrected chi connectivity index (χ1v) is 6.35. The molecule has 2 amide bonds. The van der Waals surface area contributed by atoms with Gasteiger partial charge in [0.05, 0.1) is 13.1 Å². The van der Waals surface area contributed by atoms with Gasteiger partial charge < -0.3 is 15.5 Å². The molecule has 0 unspecified atom stereocenters. The van der Waals surface area contributed by atoms with E-state index >= 15 is 0 Å². The Hall–Kier alpha value is -1.10. The van der Waals surface area contributed by atoms with E-state index in [0.717, 1.165) is 19.4 Å². The zero-order chi connectivity index (χ0) is 12.7. The lowest BCUT2D eigenvalue weighted by Gasteiger charge is -2.19. The van der Waals surface area contributed by atoms with E-state index in [9.17, 15) is 9.59 Å². The first-order valence-electron chi connectivity index (χ1n) is 6.35. The van der Waals surface area contributed by atoms with Crippen LogP contribution in [0.15, 0.2) is 0 Å². The second-order valence-corrected chi connectivity index (χ2v) is 4.88. The van der Waals surface area contributed by atoms with Crippen LogP contribution in [-0.4, -0.2) is 49.4 Å². The van der Waals surface area contributed by atoms with E-state index in [1.165, 1.54) is 0 Å². The fourth-order valence-electron chi connectivity index (χ4n) is 1.72. The normalized spacial score (nSPS) is 17.1. The van der Waals surface area contributed by atoms with Gasteiger partial charge in [0.1, 0.15) is 0 Å². The van der Waals surface area contributed by atoms with Crippen molar-refractivity contribution in [3.05, 3.63) is 0 Å². The number of carbonyl (C=O) groups is 2. The molecule has 0 spiro atoms. The average molecular weight is 241 g/mol. The van der Waals surface area contributed by atoms with E-state index < -0.39 is 0 Å². The number of amides is 2. The monoisotopic (exact) mass is 241 g/mol. The molecule has 0 aromatic carbocycles. The lowest BCUT2D eigenvalue weighted by atomic mass is 10.1. The second kappa shape index (κ2) is 7.27. The summed E-state index contributed by atoms with van der Waals surface area (Å²) in [6, 6.07) is 0. The van der Waals surface area contributed by atoms with Crippen LogP contribution in [0, 0.1) is 5.92 Å². The minimum atomic E-state index is -0.0547. The van der Waals surface area contributed by atoms with Crippen molar-refractivity contribution < 1.29 is 9.59 Å². The van der Waals surface area contributed by atoms with Crippen molar-refractivity contribution in [3.63, 3.8) is 0 Å². The Labute approximate surface area is 103 Å². The summed E-state index contributed by atoms with van der Waals surface area (Å²) in [5.41, 5.74) is 0. The number of hydrogen-bond donors (Lipinski definition) is 2. The van der Waals surface area contributed by atoms with Crippen LogP contribution >= 0.6 is 0 Å². The van der Waals surface area contributed by atoms with Gasteiger partial charge in [-0.15, -0.1) is 0 Å². The Kier molecular flexibility index (Phi) is 5.97. The zero-order valence-electron chi connectivity index (χ0n) is 10.8. The van der Waals surface area contributed by atoms with E-state index in [-0.39, 0.29) is 18.4 Å². The van der Waals surface area contributed by atoms with E-state index in [1.807, 2.05) is 0 Å². The Bertz CT molecular complexity index is 266. The van der Waals surface area contributed by atoms with Gasteiger partial charge >= 0.3 is 0 Å². The molecule has 0 atom stereocenters. The van der Waals surface area contributed by atoms with Crippen molar-refractivity contribution in [2.45, 2.75) is 26.7 Å². The summed E-state index contributed by atoms with van der Waals surface area (Å²) < 4.78 is 0. The van der Waals surface area contributed by atoms with Gasteiger partial charge in [-0.3, -0.25) is 9.59 Å². The van der Waals surface area contributed by atoms with E-state index in [4.69, 9.17) is 0 Å². The molecule has 98 valence electrons. The molecular formula is C12H23N3O2. The van der Waals surface area contributed by atoms with E-state index in [2.05, 4.69) is 24.5 Å². The van der Waals surface area contributed by atoms with Crippen LogP contribution in [0.25, 0.3) is 0 Å². The van der Waals surface area contributed by atoms with Gasteiger partial charge in [0.2, 0.25) is 11.8 Å². The molecule has 1 saturated heterocycles. The molecule has 0 aromatic rings. The predicted octanol–water partition coefficient (Wildman–Crippen LogP) is -0.0294. The Morgan fingerprint density at radius 1 is 1.53 bits per heavy atom. The quantitative estimate of drug-likeness (QED) is 0.710. The molecule has 1 fully saturated rings. The van der Waals surface area contributed by atoms with Crippen LogP contribution in [0.2, 0.25) is 0 Å². The summed E-state index contributed by atoms with van der Waals surface area (Å²) in [6.45, 7) is 6.99. The van der Waals surface area contributed by atoms with Gasteiger partial charge in [-0.1, -0.05) is 13.8 Å². The minimum Gasteiger partial charge on any atom is -0.355 e. The second-order valence-electron chi connectivity index (χ2n) is 4.88. The van der Waals surface area contributed by atoms with Crippen molar-refractivity contribution >= 4 is 11.8 Å². The molecule has 5 heteroatoms. The van der Waals surface area contributed by atoms with Crippen LogP contribution in [0.5, 0.6) is 0 Å². The number of hydrogen-bond acceptors (Lipinski definition) is 3. The molecule has 1 aliphatic heterocycles. The van der Waals surface area contributed by atoms with Crippen LogP contribution < -0.4 is 10.6 Å². The van der Waals surface area contributed by atoms with E-state index in [0.29, 0.717) is 25.6 Å². The van der Waals surface area contributed by atoms with Gasteiger partial charge in [0, 0.05) is 13.1 Å². The summed E-state index contributed by atoms with van der Waals surface area (Å²) in [5.74, 6) is 0.543. The smallest absolute Gasteiger partial charge is 0.239 e. The molecule has 1 aliphatic rings. The van der Waals surface area contributed by atoms with E-state index in [1.54, 1.807) is 4.90 Å². The largest absolute Gasteiger partial charge is 0.355 e. The maximum Gasteiger partial charge on any atom is 0.239 e. The van der Waals surface area contributed by atoms with Crippen LogP contribution in [0.1, 0.15) is 26.7 Å². The van der Waals surface area contributed by atoms with Crippen molar-refractivity contribution in [1.82, 2.24) is 15.5 Å². The third-order valence-corrected chi connectivity index (χ3v) is 2.79. The molecule has 5 nitrogen and oxygen atoms in total. The SMILES string of the molecule is CC(C)CCNC(=O)CN1CCCNCC1=O. The van der Waals surface area contributed by atoms with Crippen molar-refractivity contribution in [1.29, 1.82) is 0 Å². The topological polar surface area (TPSA) is 61.4 Å². The maximum atomic E-state index is 11.6. The lowest BCUT2D eigenvalue weighted by Crippen LogP contribution is -2.42. The van der Waals surface area contributed by atoms with Crippen molar-refractivity contribution in [2.24, 2.45) is 5.92 Å². The molecule has 0 aliphatic carbocycles. The highest BCUT2D eigenvalue weighted by Gasteiger charge is 2.18. The summed E-state index contributed by atoms with van der Waals surface area (Å²) in [5, 5.41) is 5.88. The highest BCUT2D eigenvalue weighted by atomic mass is 16.2. The van der Waals surface area contributed by atoms with Gasteiger partial charge in [-0.25, -0.2) is 0 Å². The highest BCUT2D eigenvalue weighted by molar-refractivity contribution is 5.85. The number of nitrogens with one attached hydrogen (secondary N) is 2. The molecule has 0 aromatic heterocycles. The van der Waals surface area contributed by atoms with Crippen LogP contribution in [0.3, 0.4) is 0 Å². The third kappa shape index (κ3) is 5.68. The fraction of sp³-hybridized carbons (Fsp3) is 0.833. The maximum absolute atomic E-state index is 11.6. The number of nitrogens with zero attached hydrogens (tertiary/aromatic N) is 1. The first-order chi connectivity index (χ1) is 8.09. The molecule has 0 radical (unpaired) electrons. The molecule has 2 N–H and O–H groups in total. The lowest BCUT2D eigenvalue weighted by molar-refractivity contribution is -0.134. The average Bonchev–Trinajstić information content (AvgIpc) is 2.44. The molecule has 1 rings (SSSR count). The molecular weight excluding hydrogens is 218 g/mol. The summed E-state index contributed by atoms with van der Waals surface area (Å²) in [7, 11) is 0. The van der Waals surface area contributed by atoms with Gasteiger partial charge in [-0.2, -0.15) is 0 Å². The Balaban J connectivity index is 2.26. The standard InChI is InChI=1S/C12H23N3O2/c1-10(2)4-6-14-11(16)9-15-7-3-5-13-8-12(15)17/h10,13H,3-9H2,1-2H3,(H,14,16). The third-order valence-electron chi connectivity index (χ3n) is 2.79. The Morgan fingerprint density at radius 3 is 3.00 bits per heavy atom. The zero-order valence-corrected chi connectivity index (χ0v) is 10.8. The predicted molar refractivity (Wildman–Crippen MR) is 66.5 cm³/mol. The molecule has 0 saturated carbocycles. The summed E-state index contributed by atoms with van der Waals surface area (Å²) >= 11 is 0. The number of rotatable bonds is 5. The fourth-order valence-corrected chi connectivity index (χ4v) is 1.72. The number of carbonyl (C=O) groups excluding carboxylic acids is 2. The molecule has 1 heterocycles. The summed E-state index contributed by atoms with van der Waals surface area (Å²) in [6.07, 6.45) is 1.88. The Morgan fingerprint density at radius 2 is 2.29 bits per heavy atom. The summed E-state index contributed by atoms with van der Waals surface area (Å²) in [4.78, 5) is 24.9. The van der Waals surface area contributed by atoms with Crippen LogP contribution in [0.4, 0.5) is 0 Å². The van der Waals surface area contributed by atoms with Crippen LogP contribution in [-0.2, 0) is 9.59 Å². The van der Waals surface area contributed by atoms with Crippen molar-refractivity contribution in [3.8, 4) is 0 Å². The van der Waals surface area contributed by atoms with Gasteiger partial charge in [0.15, 0.2) is 0 Å². The van der Waals surface area contributed by atoms with Gasteiger partial charge in [0.25, 0.3) is 0 Å².